The zero-order valence-electron chi connectivity index (χ0n) is 15.1. The van der Waals surface area contributed by atoms with Crippen LogP contribution in [0.1, 0.15) is 41.0 Å². The Bertz CT molecular complexity index is 819. The van der Waals surface area contributed by atoms with Gasteiger partial charge in [0.25, 0.3) is 17.5 Å². The molecule has 0 aliphatic carbocycles. The molecule has 0 spiro atoms. The molecule has 1 aromatic rings. The van der Waals surface area contributed by atoms with Crippen LogP contribution in [0.25, 0.3) is 0 Å². The van der Waals surface area contributed by atoms with Crippen molar-refractivity contribution in [1.29, 1.82) is 0 Å². The molecule has 1 aromatic carbocycles. The first-order chi connectivity index (χ1) is 12.7. The molecule has 1 aliphatic rings. The van der Waals surface area contributed by atoms with Crippen LogP contribution in [0.15, 0.2) is 18.2 Å². The van der Waals surface area contributed by atoms with Crippen LogP contribution in [0, 0.1) is 16.0 Å². The highest BCUT2D eigenvalue weighted by atomic mass is 16.6. The van der Waals surface area contributed by atoms with Gasteiger partial charge >= 0.3 is 5.97 Å². The van der Waals surface area contributed by atoms with E-state index in [1.807, 2.05) is 13.8 Å². The van der Waals surface area contributed by atoms with E-state index in [4.69, 9.17) is 0 Å². The van der Waals surface area contributed by atoms with Gasteiger partial charge in [0.2, 0.25) is 5.91 Å². The monoisotopic (exact) mass is 377 g/mol. The third-order valence-corrected chi connectivity index (χ3v) is 4.00. The van der Waals surface area contributed by atoms with E-state index in [-0.39, 0.29) is 17.0 Å². The summed E-state index contributed by atoms with van der Waals surface area (Å²) in [7, 11) is 1.19. The summed E-state index contributed by atoms with van der Waals surface area (Å²) in [4.78, 5) is 59.8. The highest BCUT2D eigenvalue weighted by Gasteiger charge is 2.42. The van der Waals surface area contributed by atoms with E-state index in [9.17, 15) is 29.3 Å². The average molecular weight is 377 g/mol. The first-order valence-corrected chi connectivity index (χ1v) is 8.18. The van der Waals surface area contributed by atoms with Gasteiger partial charge in [0.1, 0.15) is 18.2 Å². The van der Waals surface area contributed by atoms with E-state index in [1.165, 1.54) is 19.2 Å². The third kappa shape index (κ3) is 4.10. The topological polar surface area (TPSA) is 136 Å². The van der Waals surface area contributed by atoms with Crippen LogP contribution < -0.4 is 5.32 Å². The number of carbonyl (C=O) groups excluding carboxylic acids is 4. The molecule has 2 rings (SSSR count). The molecule has 0 saturated heterocycles. The van der Waals surface area contributed by atoms with E-state index < -0.39 is 46.9 Å². The first kappa shape index (κ1) is 20.0. The standard InChI is InChI=1S/C17H19N3O7/c1-9(2)7-11(17(24)27-3)18-13(21)8-19-15(22)10-5-4-6-12(20(25)26)14(10)16(19)23/h4-6,9,11H,7-8H2,1-3H3,(H,18,21)/t11-/m1/s1. The van der Waals surface area contributed by atoms with Gasteiger partial charge in [-0.15, -0.1) is 0 Å². The number of esters is 1. The van der Waals surface area contributed by atoms with Crippen molar-refractivity contribution in [3.8, 4) is 0 Å². The predicted molar refractivity (Wildman–Crippen MR) is 91.9 cm³/mol. The molecule has 1 N–H and O–H groups in total. The molecule has 27 heavy (non-hydrogen) atoms. The van der Waals surface area contributed by atoms with Gasteiger partial charge in [0.15, 0.2) is 0 Å². The van der Waals surface area contributed by atoms with Crippen molar-refractivity contribution in [2.75, 3.05) is 13.7 Å². The summed E-state index contributed by atoms with van der Waals surface area (Å²) >= 11 is 0. The Morgan fingerprint density at radius 3 is 2.48 bits per heavy atom. The zero-order valence-corrected chi connectivity index (χ0v) is 15.1. The highest BCUT2D eigenvalue weighted by molar-refractivity contribution is 6.24. The number of nitro groups is 1. The van der Waals surface area contributed by atoms with Gasteiger partial charge in [-0.2, -0.15) is 0 Å². The number of nitrogens with one attached hydrogen (secondary N) is 1. The van der Waals surface area contributed by atoms with Crippen molar-refractivity contribution in [3.63, 3.8) is 0 Å². The predicted octanol–water partition coefficient (Wildman–Crippen LogP) is 0.895. The summed E-state index contributed by atoms with van der Waals surface area (Å²) in [5.74, 6) is -3.03. The fourth-order valence-electron chi connectivity index (χ4n) is 2.82. The van der Waals surface area contributed by atoms with E-state index in [0.717, 1.165) is 6.07 Å². The Morgan fingerprint density at radius 2 is 1.93 bits per heavy atom. The third-order valence-electron chi connectivity index (χ3n) is 4.00. The zero-order chi connectivity index (χ0) is 20.3. The number of nitrogens with zero attached hydrogens (tertiary/aromatic N) is 2. The van der Waals surface area contributed by atoms with Crippen molar-refractivity contribution in [3.05, 3.63) is 39.4 Å². The first-order valence-electron chi connectivity index (χ1n) is 8.18. The molecule has 10 heteroatoms. The number of benzene rings is 1. The Kier molecular flexibility index (Phi) is 5.88. The van der Waals surface area contributed by atoms with Crippen LogP contribution in [-0.4, -0.2) is 53.2 Å². The van der Waals surface area contributed by atoms with Crippen LogP contribution in [-0.2, 0) is 14.3 Å². The Balaban J connectivity index is 2.18. The van der Waals surface area contributed by atoms with E-state index in [2.05, 4.69) is 10.1 Å². The summed E-state index contributed by atoms with van der Waals surface area (Å²) in [5.41, 5.74) is -0.971. The number of fused-ring (bicyclic) bond motifs is 1. The lowest BCUT2D eigenvalue weighted by Crippen LogP contribution is -2.47. The average Bonchev–Trinajstić information content (AvgIpc) is 2.85. The number of methoxy groups -OCH3 is 1. The summed E-state index contributed by atoms with van der Waals surface area (Å²) in [5, 5.41) is 13.5. The molecule has 1 aliphatic heterocycles. The number of rotatable bonds is 7. The van der Waals surface area contributed by atoms with Crippen molar-refractivity contribution in [1.82, 2.24) is 10.2 Å². The number of imide groups is 1. The van der Waals surface area contributed by atoms with Crippen molar-refractivity contribution >= 4 is 29.4 Å². The van der Waals surface area contributed by atoms with E-state index in [1.54, 1.807) is 0 Å². The summed E-state index contributed by atoms with van der Waals surface area (Å²) in [6.07, 6.45) is 0.312. The summed E-state index contributed by atoms with van der Waals surface area (Å²) in [6, 6.07) is 2.77. The number of nitro benzene ring substituents is 1. The SMILES string of the molecule is COC(=O)[C@@H](CC(C)C)NC(=O)CN1C(=O)c2cccc([N+](=O)[O-])c2C1=O. The molecule has 10 nitrogen and oxygen atoms in total. The number of ether oxygens (including phenoxy) is 1. The van der Waals surface area contributed by atoms with Gasteiger partial charge in [-0.1, -0.05) is 19.9 Å². The van der Waals surface area contributed by atoms with Gasteiger partial charge in [0, 0.05) is 6.07 Å². The van der Waals surface area contributed by atoms with Crippen LogP contribution in [0.2, 0.25) is 0 Å². The fraction of sp³-hybridized carbons (Fsp3) is 0.412. The lowest BCUT2D eigenvalue weighted by atomic mass is 10.0. The molecular formula is C17H19N3O7. The van der Waals surface area contributed by atoms with Gasteiger partial charge < -0.3 is 10.1 Å². The largest absolute Gasteiger partial charge is 0.467 e. The summed E-state index contributed by atoms with van der Waals surface area (Å²) in [6.45, 7) is 3.05. The summed E-state index contributed by atoms with van der Waals surface area (Å²) < 4.78 is 4.64. The van der Waals surface area contributed by atoms with Crippen LogP contribution in [0.3, 0.4) is 0 Å². The maximum Gasteiger partial charge on any atom is 0.328 e. The van der Waals surface area contributed by atoms with Crippen molar-refractivity contribution in [2.24, 2.45) is 5.92 Å². The second kappa shape index (κ2) is 7.94. The minimum atomic E-state index is -0.924. The molecule has 1 heterocycles. The Labute approximate surface area is 154 Å². The minimum absolute atomic E-state index is 0.0800. The molecule has 3 amide bonds. The number of hydrogen-bond acceptors (Lipinski definition) is 7. The smallest absolute Gasteiger partial charge is 0.328 e. The second-order valence-corrected chi connectivity index (χ2v) is 6.43. The van der Waals surface area contributed by atoms with Gasteiger partial charge in [0.05, 0.1) is 17.6 Å². The van der Waals surface area contributed by atoms with Crippen molar-refractivity contribution in [2.45, 2.75) is 26.3 Å². The van der Waals surface area contributed by atoms with Gasteiger partial charge in [-0.25, -0.2) is 4.79 Å². The maximum absolute atomic E-state index is 12.5. The number of amides is 3. The second-order valence-electron chi connectivity index (χ2n) is 6.43. The quantitative estimate of drug-likeness (QED) is 0.322. The van der Waals surface area contributed by atoms with E-state index in [0.29, 0.717) is 11.3 Å². The molecule has 0 fully saturated rings. The van der Waals surface area contributed by atoms with E-state index >= 15 is 0 Å². The fourth-order valence-corrected chi connectivity index (χ4v) is 2.82. The number of carbonyl (C=O) groups is 4. The van der Waals surface area contributed by atoms with Crippen LogP contribution in [0.5, 0.6) is 0 Å². The molecular weight excluding hydrogens is 358 g/mol. The van der Waals surface area contributed by atoms with Gasteiger partial charge in [-0.3, -0.25) is 29.4 Å². The maximum atomic E-state index is 12.5. The Morgan fingerprint density at radius 1 is 1.26 bits per heavy atom. The number of hydrogen-bond donors (Lipinski definition) is 1. The molecule has 0 radical (unpaired) electrons. The normalized spacial score (nSPS) is 14.1. The van der Waals surface area contributed by atoms with Gasteiger partial charge in [-0.05, 0) is 18.4 Å². The van der Waals surface area contributed by atoms with Crippen LogP contribution >= 0.6 is 0 Å². The minimum Gasteiger partial charge on any atom is -0.467 e. The van der Waals surface area contributed by atoms with Crippen molar-refractivity contribution < 1.29 is 28.8 Å². The van der Waals surface area contributed by atoms with Crippen LogP contribution in [0.4, 0.5) is 5.69 Å². The molecule has 0 bridgehead atoms. The molecule has 0 unspecified atom stereocenters. The lowest BCUT2D eigenvalue weighted by molar-refractivity contribution is -0.385. The molecule has 1 atom stereocenters. The lowest BCUT2D eigenvalue weighted by Gasteiger charge is -2.20. The molecule has 0 aromatic heterocycles. The molecule has 144 valence electrons. The molecule has 0 saturated carbocycles. The highest BCUT2D eigenvalue weighted by Crippen LogP contribution is 2.30. The Hall–Kier alpha value is -3.30.